The first-order chi connectivity index (χ1) is 5.72. The van der Waals surface area contributed by atoms with Gasteiger partial charge in [0, 0.05) is 19.1 Å². The first kappa shape index (κ1) is 14.9. The van der Waals surface area contributed by atoms with E-state index in [1.54, 1.807) is 0 Å². The van der Waals surface area contributed by atoms with Gasteiger partial charge in [0.2, 0.25) is 0 Å². The van der Waals surface area contributed by atoms with Crippen molar-refractivity contribution in [2.24, 2.45) is 0 Å². The van der Waals surface area contributed by atoms with Crippen molar-refractivity contribution in [3.05, 3.63) is 0 Å². The van der Waals surface area contributed by atoms with Gasteiger partial charge in [-0.3, -0.25) is 0 Å². The molecule has 0 heterocycles. The minimum Gasteiger partial charge on any atom is -0.397 e. The molecule has 0 aromatic carbocycles. The molecule has 2 nitrogen and oxygen atoms in total. The van der Waals surface area contributed by atoms with Crippen molar-refractivity contribution < 1.29 is 8.85 Å². The molecule has 0 rings (SSSR count). The second-order valence-corrected chi connectivity index (χ2v) is 4.35. The monoisotopic (exact) mass is 212 g/mol. The van der Waals surface area contributed by atoms with E-state index in [0.717, 1.165) is 25.5 Å². The second-order valence-electron chi connectivity index (χ2n) is 2.17. The SMILES string of the molecule is CCCCl.CCO[SiH](C)OCC. The Morgan fingerprint density at radius 3 is 1.58 bits per heavy atom. The van der Waals surface area contributed by atoms with Crippen LogP contribution in [0.15, 0.2) is 0 Å². The van der Waals surface area contributed by atoms with Gasteiger partial charge < -0.3 is 8.85 Å². The Balaban J connectivity index is 0. The van der Waals surface area contributed by atoms with E-state index in [2.05, 4.69) is 0 Å². The average molecular weight is 213 g/mol. The van der Waals surface area contributed by atoms with Gasteiger partial charge in [0.15, 0.2) is 0 Å². The highest BCUT2D eigenvalue weighted by Crippen LogP contribution is 1.85. The summed E-state index contributed by atoms with van der Waals surface area (Å²) in [4.78, 5) is 0. The van der Waals surface area contributed by atoms with Crippen molar-refractivity contribution in [2.45, 2.75) is 33.7 Å². The van der Waals surface area contributed by atoms with Gasteiger partial charge in [-0.2, -0.15) is 0 Å². The number of rotatable bonds is 5. The van der Waals surface area contributed by atoms with Gasteiger partial charge in [-0.15, -0.1) is 11.6 Å². The zero-order valence-corrected chi connectivity index (χ0v) is 10.5. The third-order valence-electron chi connectivity index (χ3n) is 0.992. The Kier molecular flexibility index (Phi) is 17.4. The lowest BCUT2D eigenvalue weighted by Gasteiger charge is -2.07. The van der Waals surface area contributed by atoms with Gasteiger partial charge in [-0.1, -0.05) is 6.92 Å². The molecule has 76 valence electrons. The van der Waals surface area contributed by atoms with Crippen LogP contribution >= 0.6 is 11.6 Å². The minimum atomic E-state index is -1.20. The van der Waals surface area contributed by atoms with Crippen molar-refractivity contribution in [3.63, 3.8) is 0 Å². The summed E-state index contributed by atoms with van der Waals surface area (Å²) in [5.74, 6) is 0.792. The summed E-state index contributed by atoms with van der Waals surface area (Å²) in [5, 5.41) is 0. The van der Waals surface area contributed by atoms with E-state index in [1.165, 1.54) is 0 Å². The lowest BCUT2D eigenvalue weighted by Crippen LogP contribution is -2.17. The van der Waals surface area contributed by atoms with Crippen LogP contribution in [0.1, 0.15) is 27.2 Å². The van der Waals surface area contributed by atoms with Crippen LogP contribution in [-0.4, -0.2) is 28.4 Å². The summed E-state index contributed by atoms with van der Waals surface area (Å²) < 4.78 is 10.4. The maximum absolute atomic E-state index is 5.20. The van der Waals surface area contributed by atoms with Crippen molar-refractivity contribution in [2.75, 3.05) is 19.1 Å². The van der Waals surface area contributed by atoms with E-state index in [-0.39, 0.29) is 0 Å². The molecule has 0 aromatic heterocycles. The topological polar surface area (TPSA) is 18.5 Å². The maximum Gasteiger partial charge on any atom is 0.318 e. The maximum atomic E-state index is 5.20. The molecule has 4 heteroatoms. The van der Waals surface area contributed by atoms with Crippen molar-refractivity contribution in [1.29, 1.82) is 0 Å². The van der Waals surface area contributed by atoms with Gasteiger partial charge in [-0.05, 0) is 26.8 Å². The second kappa shape index (κ2) is 14.0. The molecule has 0 spiro atoms. The summed E-state index contributed by atoms with van der Waals surface area (Å²) in [6, 6.07) is 0. The Hall–Kier alpha value is 0.427. The number of hydrogen-bond donors (Lipinski definition) is 0. The van der Waals surface area contributed by atoms with E-state index < -0.39 is 9.28 Å². The van der Waals surface area contributed by atoms with Crippen LogP contribution in [0.3, 0.4) is 0 Å². The van der Waals surface area contributed by atoms with Crippen LogP contribution in [0.4, 0.5) is 0 Å². The highest BCUT2D eigenvalue weighted by atomic mass is 35.5. The van der Waals surface area contributed by atoms with E-state index in [0.29, 0.717) is 0 Å². The summed E-state index contributed by atoms with van der Waals surface area (Å²) >= 11 is 5.19. The van der Waals surface area contributed by atoms with Gasteiger partial charge in [-0.25, -0.2) is 0 Å². The average Bonchev–Trinajstić information content (AvgIpc) is 2.06. The molecule has 0 aliphatic rings. The first-order valence-corrected chi connectivity index (χ1v) is 7.15. The van der Waals surface area contributed by atoms with Crippen LogP contribution in [0, 0.1) is 0 Å². The molecule has 0 fully saturated rings. The molecule has 0 atom stereocenters. The molecular formula is C8H21ClO2Si. The highest BCUT2D eigenvalue weighted by Gasteiger charge is 1.99. The molecule has 0 unspecified atom stereocenters. The standard InChI is InChI=1S/C5H14O2Si.C3H7Cl/c1-4-6-8(3)7-5-2;1-2-3-4/h8H,4-5H2,1-3H3;2-3H2,1H3. The molecule has 0 amide bonds. The van der Waals surface area contributed by atoms with Crippen LogP contribution in [0.5, 0.6) is 0 Å². The fraction of sp³-hybridized carbons (Fsp3) is 1.00. The molecule has 0 radical (unpaired) electrons. The molecule has 0 saturated heterocycles. The largest absolute Gasteiger partial charge is 0.397 e. The molecule has 0 aliphatic heterocycles. The zero-order chi connectivity index (χ0) is 9.82. The zero-order valence-electron chi connectivity index (χ0n) is 8.60. The van der Waals surface area contributed by atoms with Crippen LogP contribution in [0.2, 0.25) is 6.55 Å². The van der Waals surface area contributed by atoms with Gasteiger partial charge in [0.1, 0.15) is 0 Å². The lowest BCUT2D eigenvalue weighted by molar-refractivity contribution is 0.219. The lowest BCUT2D eigenvalue weighted by atomic mass is 10.6. The van der Waals surface area contributed by atoms with Crippen LogP contribution in [-0.2, 0) is 8.85 Å². The molecular weight excluding hydrogens is 192 g/mol. The van der Waals surface area contributed by atoms with E-state index >= 15 is 0 Å². The molecule has 0 N–H and O–H groups in total. The number of halogens is 1. The fourth-order valence-corrected chi connectivity index (χ4v) is 1.55. The Labute approximate surface area is 83.1 Å². The third kappa shape index (κ3) is 16.8. The van der Waals surface area contributed by atoms with E-state index in [1.807, 2.05) is 27.3 Å². The summed E-state index contributed by atoms with van der Waals surface area (Å²) in [6.45, 7) is 9.63. The summed E-state index contributed by atoms with van der Waals surface area (Å²) in [6.07, 6.45) is 1.08. The van der Waals surface area contributed by atoms with E-state index in [4.69, 9.17) is 20.5 Å². The minimum absolute atomic E-state index is 0.785. The predicted octanol–water partition coefficient (Wildman–Crippen LogP) is 2.54. The Bertz CT molecular complexity index is 66.1. The molecule has 0 aromatic rings. The quantitative estimate of drug-likeness (QED) is 0.515. The van der Waals surface area contributed by atoms with Gasteiger partial charge in [0.25, 0.3) is 0 Å². The molecule has 12 heavy (non-hydrogen) atoms. The molecule has 0 bridgehead atoms. The highest BCUT2D eigenvalue weighted by molar-refractivity contribution is 6.42. The van der Waals surface area contributed by atoms with Crippen LogP contribution in [0.25, 0.3) is 0 Å². The number of hydrogen-bond acceptors (Lipinski definition) is 2. The summed E-state index contributed by atoms with van der Waals surface area (Å²) in [7, 11) is -1.20. The Morgan fingerprint density at radius 2 is 1.42 bits per heavy atom. The van der Waals surface area contributed by atoms with Crippen molar-refractivity contribution in [3.8, 4) is 0 Å². The fourth-order valence-electron chi connectivity index (χ4n) is 0.518. The third-order valence-corrected chi connectivity index (χ3v) is 2.98. The van der Waals surface area contributed by atoms with Crippen molar-refractivity contribution in [1.82, 2.24) is 0 Å². The van der Waals surface area contributed by atoms with E-state index in [9.17, 15) is 0 Å². The predicted molar refractivity (Wildman–Crippen MR) is 57.3 cm³/mol. The van der Waals surface area contributed by atoms with Crippen LogP contribution < -0.4 is 0 Å². The smallest absolute Gasteiger partial charge is 0.318 e. The molecule has 0 aliphatic carbocycles. The first-order valence-electron chi connectivity index (χ1n) is 4.51. The summed E-state index contributed by atoms with van der Waals surface area (Å²) in [5.41, 5.74) is 0. The Morgan fingerprint density at radius 1 is 1.08 bits per heavy atom. The molecule has 0 saturated carbocycles. The van der Waals surface area contributed by atoms with Crippen molar-refractivity contribution >= 4 is 20.9 Å². The normalized spacial score (nSPS) is 9.50. The van der Waals surface area contributed by atoms with Gasteiger partial charge in [0.05, 0.1) is 0 Å². The van der Waals surface area contributed by atoms with Gasteiger partial charge >= 0.3 is 9.28 Å². The number of alkyl halides is 1.